The Morgan fingerprint density at radius 1 is 1.47 bits per heavy atom. The second-order valence-corrected chi connectivity index (χ2v) is 6.92. The number of nitrogens with zero attached hydrogens (tertiary/aromatic N) is 1. The van der Waals surface area contributed by atoms with Crippen LogP contribution in [0.25, 0.3) is 0 Å². The average Bonchev–Trinajstić information content (AvgIpc) is 2.23. The maximum atomic E-state index is 11.7. The van der Waals surface area contributed by atoms with Crippen molar-refractivity contribution in [3.05, 3.63) is 0 Å². The molecular weight excluding hydrogens is 238 g/mol. The molecule has 0 heterocycles. The van der Waals surface area contributed by atoms with Crippen LogP contribution in [0.4, 0.5) is 0 Å². The lowest BCUT2D eigenvalue weighted by Crippen LogP contribution is -2.18. The number of aliphatic carboxylic acids is 1. The predicted octanol–water partition coefficient (Wildman–Crippen LogP) is 2.32. The summed E-state index contributed by atoms with van der Waals surface area (Å²) in [5.41, 5.74) is -0.325. The Kier molecular flexibility index (Phi) is 7.05. The van der Waals surface area contributed by atoms with Crippen molar-refractivity contribution in [3.8, 4) is 6.07 Å². The number of carbonyl (C=O) groups is 1. The molecule has 4 nitrogen and oxygen atoms in total. The zero-order valence-electron chi connectivity index (χ0n) is 10.7. The smallest absolute Gasteiger partial charge is 0.304 e. The highest BCUT2D eigenvalue weighted by molar-refractivity contribution is 7.85. The van der Waals surface area contributed by atoms with Gasteiger partial charge in [-0.2, -0.15) is 5.26 Å². The highest BCUT2D eigenvalue weighted by Gasteiger charge is 2.17. The van der Waals surface area contributed by atoms with Gasteiger partial charge in [-0.15, -0.1) is 0 Å². The van der Waals surface area contributed by atoms with E-state index in [4.69, 9.17) is 10.4 Å². The minimum Gasteiger partial charge on any atom is -0.481 e. The van der Waals surface area contributed by atoms with E-state index in [1.54, 1.807) is 6.92 Å². The standard InChI is InChI=1S/C12H21NO3S/c1-10(8-11(14)15)17(16)7-5-4-6-12(2,3)9-13/h10H,4-8H2,1-3H3,(H,14,15). The van der Waals surface area contributed by atoms with Crippen LogP contribution in [-0.4, -0.2) is 26.3 Å². The van der Waals surface area contributed by atoms with E-state index in [0.29, 0.717) is 5.75 Å². The summed E-state index contributed by atoms with van der Waals surface area (Å²) in [7, 11) is -1.08. The molecule has 0 aliphatic heterocycles. The maximum absolute atomic E-state index is 11.7. The zero-order valence-corrected chi connectivity index (χ0v) is 11.5. The molecule has 0 fully saturated rings. The van der Waals surface area contributed by atoms with Crippen molar-refractivity contribution in [3.63, 3.8) is 0 Å². The summed E-state index contributed by atoms with van der Waals surface area (Å²) in [6.07, 6.45) is 2.37. The first-order chi connectivity index (χ1) is 7.78. The third-order valence-corrected chi connectivity index (χ3v) is 4.37. The number of rotatable bonds is 8. The first-order valence-electron chi connectivity index (χ1n) is 5.79. The van der Waals surface area contributed by atoms with E-state index in [2.05, 4.69) is 6.07 Å². The van der Waals surface area contributed by atoms with Crippen molar-refractivity contribution < 1.29 is 14.1 Å². The number of unbranched alkanes of at least 4 members (excludes halogenated alkanes) is 1. The number of carboxylic acids is 1. The first-order valence-corrected chi connectivity index (χ1v) is 7.17. The fourth-order valence-electron chi connectivity index (χ4n) is 1.41. The molecule has 0 aromatic heterocycles. The number of carboxylic acid groups (broad SMARTS) is 1. The van der Waals surface area contributed by atoms with Gasteiger partial charge in [0.05, 0.1) is 17.9 Å². The van der Waals surface area contributed by atoms with Crippen molar-refractivity contribution in [2.75, 3.05) is 5.75 Å². The van der Waals surface area contributed by atoms with E-state index in [0.717, 1.165) is 19.3 Å². The minimum absolute atomic E-state index is 0.0453. The Bertz CT molecular complexity index is 320. The Morgan fingerprint density at radius 3 is 2.53 bits per heavy atom. The summed E-state index contributed by atoms with van der Waals surface area (Å²) in [4.78, 5) is 10.4. The molecule has 0 bridgehead atoms. The van der Waals surface area contributed by atoms with Crippen LogP contribution in [0.3, 0.4) is 0 Å². The highest BCUT2D eigenvalue weighted by atomic mass is 32.2. The molecule has 0 rings (SSSR count). The molecule has 1 N–H and O–H groups in total. The Balaban J connectivity index is 3.80. The van der Waals surface area contributed by atoms with E-state index in [-0.39, 0.29) is 17.1 Å². The van der Waals surface area contributed by atoms with Crippen molar-refractivity contribution in [2.24, 2.45) is 5.41 Å². The van der Waals surface area contributed by atoms with Gasteiger partial charge in [0, 0.05) is 21.8 Å². The molecule has 2 atom stereocenters. The van der Waals surface area contributed by atoms with Gasteiger partial charge in [0.1, 0.15) is 0 Å². The summed E-state index contributed by atoms with van der Waals surface area (Å²) < 4.78 is 11.7. The fraction of sp³-hybridized carbons (Fsp3) is 0.833. The van der Waals surface area contributed by atoms with Crippen LogP contribution in [0, 0.1) is 16.7 Å². The van der Waals surface area contributed by atoms with Crippen LogP contribution in [0.15, 0.2) is 0 Å². The van der Waals surface area contributed by atoms with E-state index < -0.39 is 16.8 Å². The molecule has 0 aliphatic rings. The van der Waals surface area contributed by atoms with Gasteiger partial charge in [-0.25, -0.2) is 0 Å². The summed E-state index contributed by atoms with van der Waals surface area (Å²) in [6.45, 7) is 5.47. The number of nitriles is 1. The van der Waals surface area contributed by atoms with Gasteiger partial charge >= 0.3 is 5.97 Å². The monoisotopic (exact) mass is 259 g/mol. The van der Waals surface area contributed by atoms with Crippen LogP contribution < -0.4 is 0 Å². The summed E-state index contributed by atoms with van der Waals surface area (Å²) in [6, 6.07) is 2.22. The Labute approximate surface area is 105 Å². The largest absolute Gasteiger partial charge is 0.481 e. The molecule has 0 radical (unpaired) electrons. The van der Waals surface area contributed by atoms with Crippen molar-refractivity contribution in [2.45, 2.75) is 51.7 Å². The molecule has 0 saturated carbocycles. The van der Waals surface area contributed by atoms with Gasteiger partial charge in [-0.05, 0) is 26.7 Å². The third-order valence-electron chi connectivity index (χ3n) is 2.61. The third kappa shape index (κ3) is 7.92. The van der Waals surface area contributed by atoms with Crippen molar-refractivity contribution >= 4 is 16.8 Å². The van der Waals surface area contributed by atoms with Crippen molar-refractivity contribution in [1.82, 2.24) is 0 Å². The number of hydrogen-bond acceptors (Lipinski definition) is 3. The predicted molar refractivity (Wildman–Crippen MR) is 68.0 cm³/mol. The van der Waals surface area contributed by atoms with Crippen LogP contribution in [0.5, 0.6) is 0 Å². The van der Waals surface area contributed by atoms with Gasteiger partial charge in [-0.1, -0.05) is 13.3 Å². The van der Waals surface area contributed by atoms with Gasteiger partial charge in [-0.3, -0.25) is 9.00 Å². The van der Waals surface area contributed by atoms with Crippen LogP contribution >= 0.6 is 0 Å². The van der Waals surface area contributed by atoms with Gasteiger partial charge in [0.2, 0.25) is 0 Å². The van der Waals surface area contributed by atoms with Gasteiger partial charge in [0.15, 0.2) is 0 Å². The summed E-state index contributed by atoms with van der Waals surface area (Å²) in [5, 5.41) is 17.1. The second kappa shape index (κ2) is 7.44. The normalized spacial score (nSPS) is 14.9. The molecule has 0 aliphatic carbocycles. The molecular formula is C12H21NO3S. The Hall–Kier alpha value is -0.890. The molecule has 0 amide bonds. The maximum Gasteiger partial charge on any atom is 0.304 e. The summed E-state index contributed by atoms with van der Waals surface area (Å²) >= 11 is 0. The van der Waals surface area contributed by atoms with Crippen LogP contribution in [-0.2, 0) is 15.6 Å². The lowest BCUT2D eigenvalue weighted by atomic mass is 9.89. The summed E-state index contributed by atoms with van der Waals surface area (Å²) in [5.74, 6) is -0.382. The molecule has 5 heteroatoms. The quantitative estimate of drug-likeness (QED) is 0.678. The van der Waals surface area contributed by atoms with E-state index in [1.165, 1.54) is 0 Å². The van der Waals surface area contributed by atoms with Gasteiger partial charge < -0.3 is 5.11 Å². The zero-order chi connectivity index (χ0) is 13.5. The molecule has 0 spiro atoms. The SMILES string of the molecule is CC(CC(=O)O)S(=O)CCCCC(C)(C)C#N. The lowest BCUT2D eigenvalue weighted by Gasteiger charge is -2.14. The molecule has 0 aromatic carbocycles. The van der Waals surface area contributed by atoms with Gasteiger partial charge in [0.25, 0.3) is 0 Å². The fourth-order valence-corrected chi connectivity index (χ4v) is 2.63. The number of hydrogen-bond donors (Lipinski definition) is 1. The molecule has 2 unspecified atom stereocenters. The Morgan fingerprint density at radius 2 is 2.06 bits per heavy atom. The highest BCUT2D eigenvalue weighted by Crippen LogP contribution is 2.21. The molecule has 17 heavy (non-hydrogen) atoms. The second-order valence-electron chi connectivity index (χ2n) is 4.95. The van der Waals surface area contributed by atoms with Crippen LogP contribution in [0.2, 0.25) is 0 Å². The average molecular weight is 259 g/mol. The van der Waals surface area contributed by atoms with Crippen molar-refractivity contribution in [1.29, 1.82) is 5.26 Å². The first kappa shape index (κ1) is 16.1. The van der Waals surface area contributed by atoms with E-state index in [9.17, 15) is 9.00 Å². The lowest BCUT2D eigenvalue weighted by molar-refractivity contribution is -0.136. The van der Waals surface area contributed by atoms with E-state index >= 15 is 0 Å². The topological polar surface area (TPSA) is 78.2 Å². The molecule has 0 saturated heterocycles. The van der Waals surface area contributed by atoms with E-state index in [1.807, 2.05) is 13.8 Å². The minimum atomic E-state index is -1.08. The molecule has 0 aromatic rings. The molecule has 98 valence electrons. The van der Waals surface area contributed by atoms with Crippen LogP contribution in [0.1, 0.15) is 46.5 Å².